The summed E-state index contributed by atoms with van der Waals surface area (Å²) in [6, 6.07) is 3.09. The van der Waals surface area contributed by atoms with Crippen LogP contribution in [-0.4, -0.2) is 29.9 Å². The minimum Gasteiger partial charge on any atom is -0.481 e. The Hall–Kier alpha value is -2.11. The summed E-state index contributed by atoms with van der Waals surface area (Å²) in [5, 5.41) is 5.86. The van der Waals surface area contributed by atoms with E-state index in [1.54, 1.807) is 19.4 Å². The highest BCUT2D eigenvalue weighted by Crippen LogP contribution is 2.24. The van der Waals surface area contributed by atoms with Crippen molar-refractivity contribution >= 4 is 11.8 Å². The number of nitrogens with zero attached hydrogens (tertiary/aromatic N) is 1. The fraction of sp³-hybridized carbons (Fsp3) is 0.632. The molecule has 0 radical (unpaired) electrons. The molecule has 0 bridgehead atoms. The Bertz CT molecular complexity index is 583. The molecule has 1 aliphatic carbocycles. The van der Waals surface area contributed by atoms with Crippen molar-refractivity contribution in [3.63, 3.8) is 0 Å². The molecule has 2 rings (SSSR count). The van der Waals surface area contributed by atoms with E-state index in [2.05, 4.69) is 15.6 Å². The molecule has 0 aliphatic heterocycles. The summed E-state index contributed by atoms with van der Waals surface area (Å²) in [5.74, 6) is 0.443. The molecule has 1 saturated carbocycles. The Labute approximate surface area is 149 Å². The third-order valence-electron chi connectivity index (χ3n) is 4.70. The largest absolute Gasteiger partial charge is 0.481 e. The number of methoxy groups -OCH3 is 1. The molecule has 138 valence electrons. The van der Waals surface area contributed by atoms with E-state index < -0.39 is 6.04 Å². The number of aromatic nitrogens is 1. The molecule has 6 nitrogen and oxygen atoms in total. The first-order valence-electron chi connectivity index (χ1n) is 9.08. The van der Waals surface area contributed by atoms with Crippen LogP contribution < -0.4 is 15.4 Å². The highest BCUT2D eigenvalue weighted by atomic mass is 16.5. The van der Waals surface area contributed by atoms with Crippen molar-refractivity contribution in [3.05, 3.63) is 23.9 Å². The molecule has 1 aliphatic rings. The molecule has 2 N–H and O–H groups in total. The van der Waals surface area contributed by atoms with Crippen LogP contribution >= 0.6 is 0 Å². The fourth-order valence-corrected chi connectivity index (χ4v) is 3.14. The van der Waals surface area contributed by atoms with E-state index in [1.165, 1.54) is 6.42 Å². The molecule has 0 saturated heterocycles. The monoisotopic (exact) mass is 347 g/mol. The van der Waals surface area contributed by atoms with Crippen LogP contribution in [0.4, 0.5) is 0 Å². The zero-order valence-electron chi connectivity index (χ0n) is 15.4. The molecule has 1 fully saturated rings. The van der Waals surface area contributed by atoms with Gasteiger partial charge in [0, 0.05) is 24.7 Å². The van der Waals surface area contributed by atoms with Gasteiger partial charge in [-0.1, -0.05) is 33.1 Å². The van der Waals surface area contributed by atoms with Gasteiger partial charge in [0.25, 0.3) is 0 Å². The lowest BCUT2D eigenvalue weighted by atomic mass is 9.88. The van der Waals surface area contributed by atoms with Crippen LogP contribution in [0.2, 0.25) is 0 Å². The van der Waals surface area contributed by atoms with Gasteiger partial charge in [-0.3, -0.25) is 9.59 Å². The highest BCUT2D eigenvalue weighted by Gasteiger charge is 2.28. The van der Waals surface area contributed by atoms with Crippen LogP contribution in [0.3, 0.4) is 0 Å². The van der Waals surface area contributed by atoms with Crippen molar-refractivity contribution in [1.29, 1.82) is 0 Å². The van der Waals surface area contributed by atoms with Gasteiger partial charge in [-0.2, -0.15) is 0 Å². The predicted molar refractivity (Wildman–Crippen MR) is 96.0 cm³/mol. The lowest BCUT2D eigenvalue weighted by molar-refractivity contribution is -0.132. The van der Waals surface area contributed by atoms with Crippen LogP contribution in [0.1, 0.15) is 51.5 Å². The third-order valence-corrected chi connectivity index (χ3v) is 4.70. The summed E-state index contributed by atoms with van der Waals surface area (Å²) >= 11 is 0. The summed E-state index contributed by atoms with van der Waals surface area (Å²) in [7, 11) is 1.56. The second kappa shape index (κ2) is 9.39. The molecule has 0 spiro atoms. The Morgan fingerprint density at radius 3 is 2.64 bits per heavy atom. The summed E-state index contributed by atoms with van der Waals surface area (Å²) in [6.07, 6.45) is 6.89. The number of ether oxygens (including phenoxy) is 1. The summed E-state index contributed by atoms with van der Waals surface area (Å²) in [5.41, 5.74) is 0.904. The summed E-state index contributed by atoms with van der Waals surface area (Å²) in [6.45, 7) is 4.27. The van der Waals surface area contributed by atoms with Gasteiger partial charge in [0.2, 0.25) is 17.7 Å². The Balaban J connectivity index is 1.91. The van der Waals surface area contributed by atoms with Gasteiger partial charge in [-0.05, 0) is 30.4 Å². The number of hydrogen-bond donors (Lipinski definition) is 2. The zero-order valence-corrected chi connectivity index (χ0v) is 15.4. The van der Waals surface area contributed by atoms with E-state index in [0.29, 0.717) is 12.4 Å². The topological polar surface area (TPSA) is 80.3 Å². The number of rotatable bonds is 7. The minimum atomic E-state index is -0.516. The van der Waals surface area contributed by atoms with Gasteiger partial charge in [-0.15, -0.1) is 0 Å². The predicted octanol–water partition coefficient (Wildman–Crippen LogP) is 2.43. The van der Waals surface area contributed by atoms with Crippen LogP contribution in [0.15, 0.2) is 18.3 Å². The van der Waals surface area contributed by atoms with Crippen LogP contribution in [-0.2, 0) is 16.1 Å². The maximum atomic E-state index is 12.6. The summed E-state index contributed by atoms with van der Waals surface area (Å²) in [4.78, 5) is 29.1. The first-order chi connectivity index (χ1) is 12.0. The van der Waals surface area contributed by atoms with Crippen molar-refractivity contribution < 1.29 is 14.3 Å². The van der Waals surface area contributed by atoms with E-state index in [1.807, 2.05) is 19.9 Å². The maximum absolute atomic E-state index is 12.6. The Morgan fingerprint density at radius 1 is 1.28 bits per heavy atom. The van der Waals surface area contributed by atoms with E-state index >= 15 is 0 Å². The van der Waals surface area contributed by atoms with E-state index in [-0.39, 0.29) is 23.7 Å². The van der Waals surface area contributed by atoms with Gasteiger partial charge in [0.15, 0.2) is 0 Å². The van der Waals surface area contributed by atoms with E-state index in [9.17, 15) is 9.59 Å². The number of carbonyl (C=O) groups is 2. The lowest BCUT2D eigenvalue weighted by Gasteiger charge is -2.26. The second-order valence-corrected chi connectivity index (χ2v) is 6.99. The molecular formula is C19H29N3O3. The van der Waals surface area contributed by atoms with Gasteiger partial charge in [0.1, 0.15) is 6.04 Å². The van der Waals surface area contributed by atoms with Gasteiger partial charge in [-0.25, -0.2) is 4.98 Å². The summed E-state index contributed by atoms with van der Waals surface area (Å²) < 4.78 is 5.09. The smallest absolute Gasteiger partial charge is 0.243 e. The third kappa shape index (κ3) is 5.73. The second-order valence-electron chi connectivity index (χ2n) is 6.99. The Kier molecular flexibility index (Phi) is 7.22. The molecule has 25 heavy (non-hydrogen) atoms. The SMILES string of the molecule is COc1cc(CNC(=O)C(NC(=O)C2CCCCC2)C(C)C)ccn1. The number of amides is 2. The van der Waals surface area contributed by atoms with Gasteiger partial charge in [0.05, 0.1) is 7.11 Å². The number of nitrogens with one attached hydrogen (secondary N) is 2. The van der Waals surface area contributed by atoms with Crippen molar-refractivity contribution in [2.75, 3.05) is 7.11 Å². The first kappa shape index (κ1) is 19.2. The molecule has 2 amide bonds. The normalized spacial score (nSPS) is 16.3. The molecule has 1 heterocycles. The molecule has 1 atom stereocenters. The molecule has 1 aromatic rings. The molecule has 1 unspecified atom stereocenters. The van der Waals surface area contributed by atoms with Gasteiger partial charge >= 0.3 is 0 Å². The first-order valence-corrected chi connectivity index (χ1v) is 9.08. The van der Waals surface area contributed by atoms with E-state index in [4.69, 9.17) is 4.74 Å². The molecule has 0 aromatic carbocycles. The Morgan fingerprint density at radius 2 is 2.00 bits per heavy atom. The van der Waals surface area contributed by atoms with Crippen LogP contribution in [0, 0.1) is 11.8 Å². The fourth-order valence-electron chi connectivity index (χ4n) is 3.14. The van der Waals surface area contributed by atoms with Crippen molar-refractivity contribution in [2.45, 2.75) is 58.5 Å². The van der Waals surface area contributed by atoms with Gasteiger partial charge < -0.3 is 15.4 Å². The van der Waals surface area contributed by atoms with Crippen molar-refractivity contribution in [2.24, 2.45) is 11.8 Å². The van der Waals surface area contributed by atoms with Crippen LogP contribution in [0.25, 0.3) is 0 Å². The maximum Gasteiger partial charge on any atom is 0.243 e. The van der Waals surface area contributed by atoms with Crippen LogP contribution in [0.5, 0.6) is 5.88 Å². The molecular weight excluding hydrogens is 318 g/mol. The minimum absolute atomic E-state index is 0.0131. The van der Waals surface area contributed by atoms with E-state index in [0.717, 1.165) is 31.2 Å². The zero-order chi connectivity index (χ0) is 18.2. The highest BCUT2D eigenvalue weighted by molar-refractivity contribution is 5.88. The average molecular weight is 347 g/mol. The number of hydrogen-bond acceptors (Lipinski definition) is 4. The van der Waals surface area contributed by atoms with Crippen molar-refractivity contribution in [1.82, 2.24) is 15.6 Å². The molecule has 1 aromatic heterocycles. The number of carbonyl (C=O) groups excluding carboxylic acids is 2. The quantitative estimate of drug-likeness (QED) is 0.794. The number of pyridine rings is 1. The lowest BCUT2D eigenvalue weighted by Crippen LogP contribution is -2.51. The molecule has 6 heteroatoms. The van der Waals surface area contributed by atoms with Crippen molar-refractivity contribution in [3.8, 4) is 5.88 Å². The average Bonchev–Trinajstić information content (AvgIpc) is 2.64. The standard InChI is InChI=1S/C19H29N3O3/c1-13(2)17(22-18(23)15-7-5-4-6-8-15)19(24)21-12-14-9-10-20-16(11-14)25-3/h9-11,13,15,17H,4-8,12H2,1-3H3,(H,21,24)(H,22,23).